The highest BCUT2D eigenvalue weighted by Crippen LogP contribution is 2.33. The molecule has 0 unspecified atom stereocenters. The smallest absolute Gasteiger partial charge is 0.346 e. The molecule has 0 aliphatic carbocycles. The fourth-order valence-electron chi connectivity index (χ4n) is 4.26. The van der Waals surface area contributed by atoms with Gasteiger partial charge in [0.2, 0.25) is 5.62 Å². The molecular weight excluding hydrogens is 503 g/mol. The summed E-state index contributed by atoms with van der Waals surface area (Å²) in [5.74, 6) is -2.34. The molecule has 0 saturated heterocycles. The van der Waals surface area contributed by atoms with E-state index in [0.717, 1.165) is 6.07 Å². The van der Waals surface area contributed by atoms with E-state index >= 15 is 0 Å². The minimum atomic E-state index is -4.87. The fraction of sp³-hybridized carbons (Fsp3) is 0.214. The van der Waals surface area contributed by atoms with Crippen molar-refractivity contribution < 1.29 is 26.7 Å². The number of amides is 1. The third kappa shape index (κ3) is 5.69. The molecule has 4 aromatic rings. The first-order chi connectivity index (χ1) is 17.8. The molecule has 3 aromatic carbocycles. The van der Waals surface area contributed by atoms with Crippen molar-refractivity contribution in [2.45, 2.75) is 32.6 Å². The van der Waals surface area contributed by atoms with Crippen LogP contribution in [0.3, 0.4) is 0 Å². The van der Waals surface area contributed by atoms with Gasteiger partial charge in [-0.2, -0.15) is 13.2 Å². The SMILES string of the molecule is Cc1cc(F)ccc1-c1cc(Cn2ccn(C)c2=N)cc(C(=O)N[C@H](C)c2ccc(F)c(C(F)(F)F)c2)c1. The summed E-state index contributed by atoms with van der Waals surface area (Å²) >= 11 is 0. The number of alkyl halides is 3. The fourth-order valence-corrected chi connectivity index (χ4v) is 4.26. The van der Waals surface area contributed by atoms with Crippen molar-refractivity contribution >= 4 is 5.91 Å². The molecule has 0 bridgehead atoms. The Bertz CT molecular complexity index is 1570. The maximum atomic E-state index is 13.7. The Morgan fingerprint density at radius 3 is 2.39 bits per heavy atom. The third-order valence-electron chi connectivity index (χ3n) is 6.33. The van der Waals surface area contributed by atoms with E-state index in [9.17, 15) is 26.7 Å². The molecule has 0 aliphatic heterocycles. The van der Waals surface area contributed by atoms with Gasteiger partial charge in [0, 0.05) is 25.0 Å². The zero-order valence-electron chi connectivity index (χ0n) is 20.8. The summed E-state index contributed by atoms with van der Waals surface area (Å²) in [6.45, 7) is 3.52. The Morgan fingerprint density at radius 2 is 1.76 bits per heavy atom. The van der Waals surface area contributed by atoms with Crippen LogP contribution in [-0.2, 0) is 19.8 Å². The highest BCUT2D eigenvalue weighted by atomic mass is 19.4. The lowest BCUT2D eigenvalue weighted by Crippen LogP contribution is -2.27. The second-order valence-corrected chi connectivity index (χ2v) is 9.17. The molecule has 0 fully saturated rings. The van der Waals surface area contributed by atoms with Gasteiger partial charge in [0.1, 0.15) is 11.6 Å². The Morgan fingerprint density at radius 1 is 1.03 bits per heavy atom. The summed E-state index contributed by atoms with van der Waals surface area (Å²) in [6, 6.07) is 11.2. The van der Waals surface area contributed by atoms with E-state index in [1.165, 1.54) is 25.1 Å². The Balaban J connectivity index is 1.70. The second-order valence-electron chi connectivity index (χ2n) is 9.17. The summed E-state index contributed by atoms with van der Waals surface area (Å²) in [5.41, 5.74) is 1.85. The molecule has 0 radical (unpaired) electrons. The molecule has 5 nitrogen and oxygen atoms in total. The number of benzene rings is 3. The number of aryl methyl sites for hydroxylation is 2. The molecule has 1 amide bonds. The Labute approximate surface area is 215 Å². The molecule has 10 heteroatoms. The average Bonchev–Trinajstić information content (AvgIpc) is 3.15. The average molecular weight is 529 g/mol. The van der Waals surface area contributed by atoms with Gasteiger partial charge in [0.25, 0.3) is 5.91 Å². The minimum absolute atomic E-state index is 0.0940. The highest BCUT2D eigenvalue weighted by Gasteiger charge is 2.34. The number of hydrogen-bond donors (Lipinski definition) is 2. The Kier molecular flexibility index (Phi) is 7.26. The third-order valence-corrected chi connectivity index (χ3v) is 6.33. The van der Waals surface area contributed by atoms with Crippen LogP contribution in [0, 0.1) is 24.0 Å². The molecule has 0 spiro atoms. The van der Waals surface area contributed by atoms with Crippen molar-refractivity contribution in [2.75, 3.05) is 0 Å². The van der Waals surface area contributed by atoms with Crippen LogP contribution in [0.1, 0.15) is 45.6 Å². The second kappa shape index (κ2) is 10.3. The van der Waals surface area contributed by atoms with Gasteiger partial charge >= 0.3 is 6.18 Å². The number of rotatable bonds is 6. The molecular formula is C28H25F5N4O. The zero-order chi connectivity index (χ0) is 27.8. The van der Waals surface area contributed by atoms with Crippen LogP contribution in [0.5, 0.6) is 0 Å². The number of aromatic nitrogens is 2. The van der Waals surface area contributed by atoms with Crippen molar-refractivity contribution in [3.05, 3.63) is 112 Å². The van der Waals surface area contributed by atoms with Gasteiger partial charge in [0.15, 0.2) is 0 Å². The number of hydrogen-bond acceptors (Lipinski definition) is 2. The standard InChI is InChI=1S/C28H25F5N4O/c1-16-10-22(29)5-6-23(16)20-11-18(15-37-9-8-36(3)27(37)34)12-21(13-20)26(38)35-17(2)19-4-7-25(30)24(14-19)28(31,32)33/h4-14,17,34H,15H2,1-3H3,(H,35,38)/t17-/m1/s1. The number of carbonyl (C=O) groups excluding carboxylic acids is 1. The quantitative estimate of drug-likeness (QED) is 0.291. The van der Waals surface area contributed by atoms with E-state index in [1.54, 1.807) is 53.7 Å². The van der Waals surface area contributed by atoms with Crippen LogP contribution in [0.2, 0.25) is 0 Å². The van der Waals surface area contributed by atoms with Gasteiger partial charge in [0.05, 0.1) is 18.2 Å². The number of carbonyl (C=O) groups is 1. The predicted octanol–water partition coefficient (Wildman–Crippen LogP) is 6.12. The first-order valence-corrected chi connectivity index (χ1v) is 11.7. The van der Waals surface area contributed by atoms with Crippen LogP contribution >= 0.6 is 0 Å². The van der Waals surface area contributed by atoms with Crippen LogP contribution in [-0.4, -0.2) is 15.0 Å². The maximum Gasteiger partial charge on any atom is 0.419 e. The summed E-state index contributed by atoms with van der Waals surface area (Å²) < 4.78 is 70.3. The number of imidazole rings is 1. The summed E-state index contributed by atoms with van der Waals surface area (Å²) in [5, 5.41) is 10.9. The summed E-state index contributed by atoms with van der Waals surface area (Å²) in [4.78, 5) is 13.3. The van der Waals surface area contributed by atoms with Crippen molar-refractivity contribution in [3.8, 4) is 11.1 Å². The van der Waals surface area contributed by atoms with Crippen molar-refractivity contribution in [1.29, 1.82) is 5.41 Å². The van der Waals surface area contributed by atoms with Crippen molar-refractivity contribution in [1.82, 2.24) is 14.5 Å². The molecule has 1 aromatic heterocycles. The first-order valence-electron chi connectivity index (χ1n) is 11.7. The molecule has 0 saturated carbocycles. The van der Waals surface area contributed by atoms with Crippen LogP contribution in [0.4, 0.5) is 22.0 Å². The van der Waals surface area contributed by atoms with Gasteiger partial charge in [-0.15, -0.1) is 0 Å². The van der Waals surface area contributed by atoms with E-state index in [-0.39, 0.29) is 23.3 Å². The van der Waals surface area contributed by atoms with E-state index in [2.05, 4.69) is 5.32 Å². The van der Waals surface area contributed by atoms with Crippen LogP contribution < -0.4 is 10.9 Å². The monoisotopic (exact) mass is 528 g/mol. The Hall–Kier alpha value is -4.21. The van der Waals surface area contributed by atoms with E-state index in [1.807, 2.05) is 6.07 Å². The number of nitrogens with zero attached hydrogens (tertiary/aromatic N) is 2. The highest BCUT2D eigenvalue weighted by molar-refractivity contribution is 5.96. The van der Waals surface area contributed by atoms with Gasteiger partial charge in [-0.05, 0) is 84.1 Å². The molecule has 198 valence electrons. The summed E-state index contributed by atoms with van der Waals surface area (Å²) in [7, 11) is 1.73. The normalized spacial score (nSPS) is 12.4. The van der Waals surface area contributed by atoms with E-state index < -0.39 is 35.3 Å². The molecule has 1 heterocycles. The molecule has 4 rings (SSSR count). The largest absolute Gasteiger partial charge is 0.419 e. The van der Waals surface area contributed by atoms with Crippen molar-refractivity contribution in [2.24, 2.45) is 7.05 Å². The lowest BCUT2D eigenvalue weighted by molar-refractivity contribution is -0.140. The summed E-state index contributed by atoms with van der Waals surface area (Å²) in [6.07, 6.45) is -1.41. The first kappa shape index (κ1) is 26.8. The van der Waals surface area contributed by atoms with Crippen LogP contribution in [0.15, 0.2) is 67.0 Å². The zero-order valence-corrected chi connectivity index (χ0v) is 20.8. The van der Waals surface area contributed by atoms with Gasteiger partial charge < -0.3 is 14.5 Å². The lowest BCUT2D eigenvalue weighted by Gasteiger charge is -2.18. The van der Waals surface area contributed by atoms with Gasteiger partial charge in [-0.3, -0.25) is 10.2 Å². The molecule has 0 aliphatic rings. The lowest BCUT2D eigenvalue weighted by atomic mass is 9.95. The topological polar surface area (TPSA) is 62.8 Å². The predicted molar refractivity (Wildman–Crippen MR) is 132 cm³/mol. The number of halogens is 5. The van der Waals surface area contributed by atoms with Crippen LogP contribution in [0.25, 0.3) is 11.1 Å². The van der Waals surface area contributed by atoms with Gasteiger partial charge in [-0.1, -0.05) is 12.1 Å². The van der Waals surface area contributed by atoms with Crippen molar-refractivity contribution in [3.63, 3.8) is 0 Å². The molecule has 2 N–H and O–H groups in total. The van der Waals surface area contributed by atoms with E-state index in [0.29, 0.717) is 28.3 Å². The maximum absolute atomic E-state index is 13.7. The molecule has 38 heavy (non-hydrogen) atoms. The van der Waals surface area contributed by atoms with Gasteiger partial charge in [-0.25, -0.2) is 8.78 Å². The number of nitrogens with one attached hydrogen (secondary N) is 2. The van der Waals surface area contributed by atoms with E-state index in [4.69, 9.17) is 5.41 Å². The minimum Gasteiger partial charge on any atom is -0.346 e. The molecule has 1 atom stereocenters.